The number of benzene rings is 1. The van der Waals surface area contributed by atoms with Crippen molar-refractivity contribution in [3.8, 4) is 5.75 Å². The monoisotopic (exact) mass is 235 g/mol. The minimum absolute atomic E-state index is 0.517. The number of rotatable bonds is 7. The van der Waals surface area contributed by atoms with Gasteiger partial charge in [0.05, 0.1) is 0 Å². The topological polar surface area (TPSA) is 21.3 Å². The van der Waals surface area contributed by atoms with Crippen LogP contribution >= 0.6 is 0 Å². The summed E-state index contributed by atoms with van der Waals surface area (Å²) in [4.78, 5) is 0. The molecule has 0 fully saturated rings. The first kappa shape index (κ1) is 14.0. The minimum atomic E-state index is 0.517. The summed E-state index contributed by atoms with van der Waals surface area (Å²) in [6, 6.07) is 8.87. The molecule has 0 amide bonds. The molecule has 0 saturated carbocycles. The largest absolute Gasteiger partial charge is 0.492 e. The average Bonchev–Trinajstić information content (AvgIpc) is 2.34. The van der Waals surface area contributed by atoms with Crippen LogP contribution in [0.3, 0.4) is 0 Å². The highest BCUT2D eigenvalue weighted by Gasteiger charge is 2.08. The van der Waals surface area contributed by atoms with Crippen LogP contribution < -0.4 is 10.1 Å². The predicted octanol–water partition coefficient (Wildman–Crippen LogP) is 3.58. The number of ether oxygens (including phenoxy) is 1. The Kier molecular flexibility index (Phi) is 6.06. The molecule has 1 rings (SSSR count). The van der Waals surface area contributed by atoms with Crippen molar-refractivity contribution >= 4 is 0 Å². The second-order valence-corrected chi connectivity index (χ2v) is 4.80. The first-order valence-electron chi connectivity index (χ1n) is 6.60. The van der Waals surface area contributed by atoms with Crippen molar-refractivity contribution in [3.63, 3.8) is 0 Å². The predicted molar refractivity (Wildman–Crippen MR) is 73.8 cm³/mol. The van der Waals surface area contributed by atoms with Gasteiger partial charge in [-0.25, -0.2) is 0 Å². The van der Waals surface area contributed by atoms with Gasteiger partial charge in [0.25, 0.3) is 0 Å². The highest BCUT2D eigenvalue weighted by molar-refractivity contribution is 5.35. The molecule has 0 spiro atoms. The maximum absolute atomic E-state index is 5.85. The van der Waals surface area contributed by atoms with Crippen LogP contribution in [0.4, 0.5) is 0 Å². The number of hydrogen-bond acceptors (Lipinski definition) is 2. The molecule has 96 valence electrons. The van der Waals surface area contributed by atoms with Crippen LogP contribution in [0, 0.1) is 0 Å². The lowest BCUT2D eigenvalue weighted by atomic mass is 9.98. The molecule has 0 unspecified atom stereocenters. The fraction of sp³-hybridized carbons (Fsp3) is 0.600. The molecule has 0 aliphatic rings. The van der Waals surface area contributed by atoms with Crippen LogP contribution in [0.2, 0.25) is 0 Å². The van der Waals surface area contributed by atoms with Crippen LogP contribution in [-0.2, 0) is 0 Å². The summed E-state index contributed by atoms with van der Waals surface area (Å²) in [6.07, 6.45) is 1.14. The van der Waals surface area contributed by atoms with E-state index >= 15 is 0 Å². The standard InChI is InChI=1S/C15H25NO/c1-5-13(4)14-8-6-7-9-15(14)17-11-10-16-12(2)3/h6-9,12-13,16H,5,10-11H2,1-4H3/t13-/m1/s1. The first-order chi connectivity index (χ1) is 8.15. The number of hydrogen-bond donors (Lipinski definition) is 1. The Morgan fingerprint density at radius 2 is 1.88 bits per heavy atom. The summed E-state index contributed by atoms with van der Waals surface area (Å²) in [5.41, 5.74) is 1.32. The van der Waals surface area contributed by atoms with E-state index in [1.54, 1.807) is 0 Å². The quantitative estimate of drug-likeness (QED) is 0.729. The maximum Gasteiger partial charge on any atom is 0.122 e. The molecule has 0 saturated heterocycles. The number of nitrogens with one attached hydrogen (secondary N) is 1. The van der Waals surface area contributed by atoms with E-state index < -0.39 is 0 Å². The molecular formula is C15H25NO. The van der Waals surface area contributed by atoms with Gasteiger partial charge in [0, 0.05) is 12.6 Å². The summed E-state index contributed by atoms with van der Waals surface area (Å²) in [6.45, 7) is 10.4. The molecule has 0 radical (unpaired) electrons. The third-order valence-electron chi connectivity index (χ3n) is 2.97. The molecule has 0 aliphatic heterocycles. The van der Waals surface area contributed by atoms with E-state index in [9.17, 15) is 0 Å². The lowest BCUT2D eigenvalue weighted by molar-refractivity contribution is 0.304. The first-order valence-corrected chi connectivity index (χ1v) is 6.60. The Balaban J connectivity index is 2.52. The highest BCUT2D eigenvalue weighted by atomic mass is 16.5. The Morgan fingerprint density at radius 1 is 1.18 bits per heavy atom. The van der Waals surface area contributed by atoms with Crippen molar-refractivity contribution in [2.45, 2.75) is 46.1 Å². The second-order valence-electron chi connectivity index (χ2n) is 4.80. The summed E-state index contributed by atoms with van der Waals surface area (Å²) in [7, 11) is 0. The SMILES string of the molecule is CC[C@@H](C)c1ccccc1OCCNC(C)C. The van der Waals surface area contributed by atoms with Gasteiger partial charge in [0.2, 0.25) is 0 Å². The van der Waals surface area contributed by atoms with Crippen LogP contribution in [0.15, 0.2) is 24.3 Å². The highest BCUT2D eigenvalue weighted by Crippen LogP contribution is 2.28. The van der Waals surface area contributed by atoms with E-state index in [2.05, 4.69) is 51.2 Å². The van der Waals surface area contributed by atoms with E-state index in [-0.39, 0.29) is 0 Å². The van der Waals surface area contributed by atoms with Crippen molar-refractivity contribution in [2.75, 3.05) is 13.2 Å². The van der Waals surface area contributed by atoms with Crippen molar-refractivity contribution in [2.24, 2.45) is 0 Å². The van der Waals surface area contributed by atoms with E-state index in [1.807, 2.05) is 6.07 Å². The summed E-state index contributed by atoms with van der Waals surface area (Å²) in [5, 5.41) is 3.35. The molecule has 2 heteroatoms. The smallest absolute Gasteiger partial charge is 0.122 e. The number of para-hydroxylation sites is 1. The molecule has 1 atom stereocenters. The van der Waals surface area contributed by atoms with E-state index in [1.165, 1.54) is 5.56 Å². The van der Waals surface area contributed by atoms with Gasteiger partial charge in [-0.2, -0.15) is 0 Å². The summed E-state index contributed by atoms with van der Waals surface area (Å²) < 4.78 is 5.85. The van der Waals surface area contributed by atoms with E-state index in [4.69, 9.17) is 4.74 Å². The van der Waals surface area contributed by atoms with E-state index in [0.717, 1.165) is 25.3 Å². The molecule has 0 aliphatic carbocycles. The van der Waals surface area contributed by atoms with Gasteiger partial charge in [-0.05, 0) is 24.0 Å². The van der Waals surface area contributed by atoms with Crippen molar-refractivity contribution in [1.82, 2.24) is 5.32 Å². The zero-order chi connectivity index (χ0) is 12.7. The lowest BCUT2D eigenvalue weighted by Gasteiger charge is -2.16. The van der Waals surface area contributed by atoms with Crippen LogP contribution in [0.5, 0.6) is 5.75 Å². The van der Waals surface area contributed by atoms with Gasteiger partial charge in [0.1, 0.15) is 12.4 Å². The molecular weight excluding hydrogens is 210 g/mol. The second kappa shape index (κ2) is 7.33. The fourth-order valence-electron chi connectivity index (χ4n) is 1.75. The van der Waals surface area contributed by atoms with Crippen LogP contribution in [-0.4, -0.2) is 19.2 Å². The average molecular weight is 235 g/mol. The minimum Gasteiger partial charge on any atom is -0.492 e. The van der Waals surface area contributed by atoms with Crippen molar-refractivity contribution < 1.29 is 4.74 Å². The van der Waals surface area contributed by atoms with Crippen LogP contribution in [0.1, 0.15) is 45.6 Å². The Labute approximate surface area is 105 Å². The van der Waals surface area contributed by atoms with Gasteiger partial charge in [-0.1, -0.05) is 45.9 Å². The van der Waals surface area contributed by atoms with Gasteiger partial charge >= 0.3 is 0 Å². The van der Waals surface area contributed by atoms with Gasteiger partial charge in [-0.15, -0.1) is 0 Å². The molecule has 1 aromatic rings. The third-order valence-corrected chi connectivity index (χ3v) is 2.97. The maximum atomic E-state index is 5.85. The Bertz CT molecular complexity index is 322. The molecule has 1 aromatic carbocycles. The zero-order valence-corrected chi connectivity index (χ0v) is 11.5. The van der Waals surface area contributed by atoms with Gasteiger partial charge < -0.3 is 10.1 Å². The summed E-state index contributed by atoms with van der Waals surface area (Å²) in [5.74, 6) is 1.59. The zero-order valence-electron chi connectivity index (χ0n) is 11.5. The Morgan fingerprint density at radius 3 is 2.53 bits per heavy atom. The molecule has 0 bridgehead atoms. The third kappa shape index (κ3) is 4.78. The summed E-state index contributed by atoms with van der Waals surface area (Å²) >= 11 is 0. The lowest BCUT2D eigenvalue weighted by Crippen LogP contribution is -2.27. The van der Waals surface area contributed by atoms with Crippen molar-refractivity contribution in [1.29, 1.82) is 0 Å². The molecule has 0 aromatic heterocycles. The Hall–Kier alpha value is -1.02. The van der Waals surface area contributed by atoms with Gasteiger partial charge in [-0.3, -0.25) is 0 Å². The molecule has 0 heterocycles. The van der Waals surface area contributed by atoms with E-state index in [0.29, 0.717) is 12.0 Å². The fourth-order valence-corrected chi connectivity index (χ4v) is 1.75. The molecule has 1 N–H and O–H groups in total. The molecule has 2 nitrogen and oxygen atoms in total. The van der Waals surface area contributed by atoms with Crippen LogP contribution in [0.25, 0.3) is 0 Å². The normalized spacial score (nSPS) is 12.8. The van der Waals surface area contributed by atoms with Gasteiger partial charge in [0.15, 0.2) is 0 Å². The van der Waals surface area contributed by atoms with Crippen molar-refractivity contribution in [3.05, 3.63) is 29.8 Å². The molecule has 17 heavy (non-hydrogen) atoms.